The van der Waals surface area contributed by atoms with E-state index in [1.54, 1.807) is 11.3 Å². The van der Waals surface area contributed by atoms with Crippen molar-refractivity contribution in [1.82, 2.24) is 19.6 Å². The Bertz CT molecular complexity index is 545. The monoisotopic (exact) mass is 278 g/mol. The van der Waals surface area contributed by atoms with E-state index in [4.69, 9.17) is 0 Å². The molecule has 3 heterocycles. The molecule has 0 spiro atoms. The average molecular weight is 278 g/mol. The number of hydrogen-bond donors (Lipinski definition) is 1. The van der Waals surface area contributed by atoms with Crippen LogP contribution in [-0.2, 0) is 6.54 Å². The second kappa shape index (κ2) is 5.61. The Balaban J connectivity index is 1.60. The predicted molar refractivity (Wildman–Crippen MR) is 79.8 cm³/mol. The fourth-order valence-electron chi connectivity index (χ4n) is 3.05. The van der Waals surface area contributed by atoms with Crippen LogP contribution in [0, 0.1) is 6.92 Å². The van der Waals surface area contributed by atoms with E-state index in [-0.39, 0.29) is 0 Å². The van der Waals surface area contributed by atoms with E-state index >= 15 is 0 Å². The average Bonchev–Trinajstić information content (AvgIpc) is 3.07. The number of imidazole rings is 1. The van der Waals surface area contributed by atoms with Crippen LogP contribution in [0.1, 0.15) is 31.2 Å². The zero-order valence-corrected chi connectivity index (χ0v) is 12.5. The minimum Gasteiger partial charge on any atom is -0.310 e. The van der Waals surface area contributed by atoms with Crippen LogP contribution < -0.4 is 5.32 Å². The summed E-state index contributed by atoms with van der Waals surface area (Å²) in [5, 5.41) is 5.72. The molecule has 0 bridgehead atoms. The maximum absolute atomic E-state index is 4.59. The molecule has 3 rings (SSSR count). The van der Waals surface area contributed by atoms with Gasteiger partial charge in [0.05, 0.1) is 11.4 Å². The lowest BCUT2D eigenvalue weighted by atomic mass is 10.2. The molecule has 1 aliphatic rings. The summed E-state index contributed by atoms with van der Waals surface area (Å²) in [6.07, 6.45) is 4.80. The molecule has 19 heavy (non-hydrogen) atoms. The number of likely N-dealkylation sites (tertiary alicyclic amines) is 1. The zero-order valence-electron chi connectivity index (χ0n) is 11.7. The van der Waals surface area contributed by atoms with Gasteiger partial charge in [0.2, 0.25) is 0 Å². The molecule has 1 N–H and O–H groups in total. The highest BCUT2D eigenvalue weighted by Gasteiger charge is 2.22. The minimum absolute atomic E-state index is 0.719. The first kappa shape index (κ1) is 13.1. The third-order valence-electron chi connectivity index (χ3n) is 4.14. The lowest BCUT2D eigenvalue weighted by Crippen LogP contribution is -2.37. The Morgan fingerprint density at radius 3 is 3.26 bits per heavy atom. The van der Waals surface area contributed by atoms with E-state index in [1.165, 1.54) is 31.6 Å². The molecule has 1 saturated heterocycles. The summed E-state index contributed by atoms with van der Waals surface area (Å²) < 4.78 is 2.21. The highest BCUT2D eigenvalue weighted by atomic mass is 32.1. The van der Waals surface area contributed by atoms with Crippen molar-refractivity contribution >= 4 is 16.3 Å². The fraction of sp³-hybridized carbons (Fsp3) is 0.643. The van der Waals surface area contributed by atoms with Crippen molar-refractivity contribution < 1.29 is 0 Å². The Labute approximate surface area is 118 Å². The topological polar surface area (TPSA) is 32.6 Å². The summed E-state index contributed by atoms with van der Waals surface area (Å²) >= 11 is 1.70. The quantitative estimate of drug-likeness (QED) is 0.911. The van der Waals surface area contributed by atoms with Gasteiger partial charge in [-0.15, -0.1) is 11.3 Å². The summed E-state index contributed by atoms with van der Waals surface area (Å²) in [7, 11) is 0. The highest BCUT2D eigenvalue weighted by molar-refractivity contribution is 7.15. The Morgan fingerprint density at radius 2 is 2.42 bits per heavy atom. The number of nitrogens with one attached hydrogen (secondary N) is 1. The van der Waals surface area contributed by atoms with Gasteiger partial charge < -0.3 is 5.32 Å². The molecule has 0 saturated carbocycles. The van der Waals surface area contributed by atoms with E-state index in [0.717, 1.165) is 29.8 Å². The molecule has 5 heteroatoms. The van der Waals surface area contributed by atoms with Gasteiger partial charge >= 0.3 is 0 Å². The number of thiazole rings is 1. The lowest BCUT2D eigenvalue weighted by molar-refractivity contribution is 0.259. The third kappa shape index (κ3) is 2.55. The van der Waals surface area contributed by atoms with Crippen LogP contribution in [0.5, 0.6) is 0 Å². The molecule has 0 amide bonds. The second-order valence-corrected chi connectivity index (χ2v) is 6.13. The maximum atomic E-state index is 4.59. The lowest BCUT2D eigenvalue weighted by Gasteiger charge is -2.22. The molecular weight excluding hydrogens is 256 g/mol. The van der Waals surface area contributed by atoms with Gasteiger partial charge in [-0.25, -0.2) is 4.98 Å². The molecule has 1 aliphatic heterocycles. The smallest absolute Gasteiger partial charge is 0.194 e. The molecule has 4 nitrogen and oxygen atoms in total. The van der Waals surface area contributed by atoms with Crippen LogP contribution in [-0.4, -0.2) is 40.0 Å². The van der Waals surface area contributed by atoms with Crippen LogP contribution in [0.4, 0.5) is 0 Å². The largest absolute Gasteiger partial charge is 0.310 e. The molecule has 1 fully saturated rings. The van der Waals surface area contributed by atoms with Gasteiger partial charge in [-0.2, -0.15) is 0 Å². The van der Waals surface area contributed by atoms with Gasteiger partial charge in [-0.1, -0.05) is 6.92 Å². The normalized spacial score (nSPS) is 20.6. The van der Waals surface area contributed by atoms with Gasteiger partial charge in [-0.3, -0.25) is 9.30 Å². The maximum Gasteiger partial charge on any atom is 0.194 e. The summed E-state index contributed by atoms with van der Waals surface area (Å²) in [5.41, 5.74) is 2.45. The van der Waals surface area contributed by atoms with Gasteiger partial charge in [-0.05, 0) is 32.9 Å². The minimum atomic E-state index is 0.719. The van der Waals surface area contributed by atoms with E-state index in [0.29, 0.717) is 0 Å². The Morgan fingerprint density at radius 1 is 1.53 bits per heavy atom. The van der Waals surface area contributed by atoms with E-state index in [9.17, 15) is 0 Å². The number of fused-ring (bicyclic) bond motifs is 1. The molecule has 0 aliphatic carbocycles. The summed E-state index contributed by atoms with van der Waals surface area (Å²) in [6, 6.07) is 0.719. The standard InChI is InChI=1S/C14H22N4S/c1-3-17-6-4-5-12(17)9-15-10-13-11(2)16-14-18(13)7-8-19-14/h7-8,12,15H,3-6,9-10H2,1-2H3. The van der Waals surface area contributed by atoms with Crippen LogP contribution in [0.25, 0.3) is 4.96 Å². The molecule has 104 valence electrons. The first-order valence-electron chi connectivity index (χ1n) is 7.15. The number of likely N-dealkylation sites (N-methyl/N-ethyl adjacent to an activating group) is 1. The number of rotatable bonds is 5. The number of hydrogen-bond acceptors (Lipinski definition) is 4. The van der Waals surface area contributed by atoms with Crippen molar-refractivity contribution in [3.63, 3.8) is 0 Å². The van der Waals surface area contributed by atoms with Crippen molar-refractivity contribution in [2.24, 2.45) is 0 Å². The molecule has 1 unspecified atom stereocenters. The van der Waals surface area contributed by atoms with Gasteiger partial charge in [0.25, 0.3) is 0 Å². The molecule has 0 aromatic carbocycles. The second-order valence-electron chi connectivity index (χ2n) is 5.26. The number of aromatic nitrogens is 2. The third-order valence-corrected chi connectivity index (χ3v) is 4.90. The van der Waals surface area contributed by atoms with Crippen LogP contribution in [0.2, 0.25) is 0 Å². The highest BCUT2D eigenvalue weighted by Crippen LogP contribution is 2.18. The molecule has 0 radical (unpaired) electrons. The SMILES string of the molecule is CCN1CCCC1CNCc1c(C)nc2sccn12. The van der Waals surface area contributed by atoms with E-state index < -0.39 is 0 Å². The number of aryl methyl sites for hydroxylation is 1. The summed E-state index contributed by atoms with van der Waals surface area (Å²) in [4.78, 5) is 8.27. The Kier molecular flexibility index (Phi) is 3.86. The van der Waals surface area contributed by atoms with E-state index in [2.05, 4.69) is 45.0 Å². The van der Waals surface area contributed by atoms with Crippen molar-refractivity contribution in [2.45, 2.75) is 39.3 Å². The Hall–Kier alpha value is -0.910. The van der Waals surface area contributed by atoms with Crippen LogP contribution in [0.15, 0.2) is 11.6 Å². The predicted octanol–water partition coefficient (Wildman–Crippen LogP) is 2.28. The van der Waals surface area contributed by atoms with Crippen molar-refractivity contribution in [2.75, 3.05) is 19.6 Å². The van der Waals surface area contributed by atoms with Gasteiger partial charge in [0.1, 0.15) is 0 Å². The van der Waals surface area contributed by atoms with Gasteiger partial charge in [0.15, 0.2) is 4.96 Å². The van der Waals surface area contributed by atoms with Crippen molar-refractivity contribution in [3.8, 4) is 0 Å². The summed E-state index contributed by atoms with van der Waals surface area (Å²) in [5.74, 6) is 0. The zero-order chi connectivity index (χ0) is 13.2. The molecular formula is C14H22N4S. The molecule has 2 aromatic rings. The van der Waals surface area contributed by atoms with Crippen LogP contribution >= 0.6 is 11.3 Å². The fourth-order valence-corrected chi connectivity index (χ4v) is 3.83. The number of nitrogens with zero attached hydrogens (tertiary/aromatic N) is 3. The molecule has 1 atom stereocenters. The summed E-state index contributed by atoms with van der Waals surface area (Å²) in [6.45, 7) is 8.80. The van der Waals surface area contributed by atoms with Crippen molar-refractivity contribution in [3.05, 3.63) is 23.0 Å². The molecule has 2 aromatic heterocycles. The van der Waals surface area contributed by atoms with Crippen molar-refractivity contribution in [1.29, 1.82) is 0 Å². The van der Waals surface area contributed by atoms with Crippen LogP contribution in [0.3, 0.4) is 0 Å². The first-order chi connectivity index (χ1) is 9.29. The van der Waals surface area contributed by atoms with Gasteiger partial charge in [0, 0.05) is 30.7 Å². The van der Waals surface area contributed by atoms with E-state index in [1.807, 2.05) is 0 Å². The first-order valence-corrected chi connectivity index (χ1v) is 8.03.